The van der Waals surface area contributed by atoms with E-state index in [1.54, 1.807) is 0 Å². The molecule has 1 aromatic rings. The molecule has 1 aliphatic rings. The number of nitrogens with one attached hydrogen (secondary N) is 1. The molecular weight excluding hydrogens is 264 g/mol. The zero-order valence-electron chi connectivity index (χ0n) is 10.0. The fraction of sp³-hybridized carbons (Fsp3) is 0.500. The molecule has 0 unspecified atom stereocenters. The Kier molecular flexibility index (Phi) is 3.84. The molecule has 1 heterocycles. The van der Waals surface area contributed by atoms with Crippen LogP contribution in [0.1, 0.15) is 12.0 Å². The molecule has 0 amide bonds. The molecule has 106 valence electrons. The Morgan fingerprint density at radius 3 is 2.68 bits per heavy atom. The summed E-state index contributed by atoms with van der Waals surface area (Å²) in [5.74, 6) is -0.378. The highest BCUT2D eigenvalue weighted by Gasteiger charge is 2.36. The summed E-state index contributed by atoms with van der Waals surface area (Å²) in [6, 6.07) is 3.23. The molecule has 0 saturated carbocycles. The highest BCUT2D eigenvalue weighted by molar-refractivity contribution is 5.49. The maximum absolute atomic E-state index is 13.5. The number of nitrogen functional groups attached to an aromatic ring is 1. The Labute approximate surface area is 107 Å². The lowest BCUT2D eigenvalue weighted by Gasteiger charge is -2.28. The van der Waals surface area contributed by atoms with E-state index < -0.39 is 24.0 Å². The molecular formula is C12H14F4N2O. The second-order valence-electron chi connectivity index (χ2n) is 4.42. The van der Waals surface area contributed by atoms with E-state index in [0.717, 1.165) is 12.1 Å². The molecule has 0 aromatic heterocycles. The third kappa shape index (κ3) is 3.28. The summed E-state index contributed by atoms with van der Waals surface area (Å²) in [6.45, 7) is 0.600. The number of halogens is 4. The van der Waals surface area contributed by atoms with Crippen LogP contribution in [-0.2, 0) is 6.18 Å². The van der Waals surface area contributed by atoms with Gasteiger partial charge in [-0.05, 0) is 31.2 Å². The van der Waals surface area contributed by atoms with Gasteiger partial charge in [-0.15, -0.1) is 0 Å². The summed E-state index contributed by atoms with van der Waals surface area (Å²) in [6.07, 6.45) is -6.45. The number of alkyl halides is 4. The number of anilines is 1. The van der Waals surface area contributed by atoms with Crippen LogP contribution in [0, 0.1) is 0 Å². The predicted octanol–water partition coefficient (Wildman–Crippen LogP) is 2.37. The quantitative estimate of drug-likeness (QED) is 0.645. The van der Waals surface area contributed by atoms with Crippen LogP contribution in [0.5, 0.6) is 5.75 Å². The van der Waals surface area contributed by atoms with E-state index in [4.69, 9.17) is 10.5 Å². The molecule has 1 saturated heterocycles. The number of rotatable bonds is 2. The number of hydrogen-bond donors (Lipinski definition) is 2. The first-order chi connectivity index (χ1) is 8.88. The van der Waals surface area contributed by atoms with Gasteiger partial charge in [-0.3, -0.25) is 0 Å². The lowest BCUT2D eigenvalue weighted by Crippen LogP contribution is -2.44. The first kappa shape index (κ1) is 13.9. The Morgan fingerprint density at radius 2 is 2.05 bits per heavy atom. The molecule has 0 radical (unpaired) electrons. The summed E-state index contributed by atoms with van der Waals surface area (Å²) >= 11 is 0. The Hall–Kier alpha value is -1.50. The summed E-state index contributed by atoms with van der Waals surface area (Å²) in [7, 11) is 0. The Bertz CT molecular complexity index is 450. The van der Waals surface area contributed by atoms with Gasteiger partial charge in [-0.1, -0.05) is 0 Å². The van der Waals surface area contributed by atoms with Crippen LogP contribution in [0.2, 0.25) is 0 Å². The van der Waals surface area contributed by atoms with Gasteiger partial charge in [0.1, 0.15) is 18.0 Å². The lowest BCUT2D eigenvalue weighted by molar-refractivity contribution is -0.139. The SMILES string of the molecule is Nc1ccc(O[C@H]2CCNC[C@@H]2F)c(C(F)(F)F)c1. The minimum absolute atomic E-state index is 0.0122. The van der Waals surface area contributed by atoms with Crippen molar-refractivity contribution >= 4 is 5.69 Å². The summed E-state index contributed by atoms with van der Waals surface area (Å²) < 4.78 is 57.3. The second-order valence-corrected chi connectivity index (χ2v) is 4.42. The van der Waals surface area contributed by atoms with Crippen molar-refractivity contribution in [3.05, 3.63) is 23.8 Å². The highest BCUT2D eigenvalue weighted by atomic mass is 19.4. The Balaban J connectivity index is 2.24. The van der Waals surface area contributed by atoms with Crippen LogP contribution in [0.25, 0.3) is 0 Å². The minimum Gasteiger partial charge on any atom is -0.487 e. The Morgan fingerprint density at radius 1 is 1.32 bits per heavy atom. The third-order valence-corrected chi connectivity index (χ3v) is 2.94. The smallest absolute Gasteiger partial charge is 0.420 e. The molecule has 7 heteroatoms. The molecule has 0 spiro atoms. The van der Waals surface area contributed by atoms with Gasteiger partial charge in [0, 0.05) is 12.2 Å². The molecule has 1 aromatic carbocycles. The van der Waals surface area contributed by atoms with E-state index in [1.165, 1.54) is 6.07 Å². The van der Waals surface area contributed by atoms with Crippen molar-refractivity contribution in [1.82, 2.24) is 5.32 Å². The van der Waals surface area contributed by atoms with E-state index in [2.05, 4.69) is 5.32 Å². The minimum atomic E-state index is -4.58. The monoisotopic (exact) mass is 278 g/mol. The van der Waals surface area contributed by atoms with Crippen LogP contribution in [-0.4, -0.2) is 25.4 Å². The van der Waals surface area contributed by atoms with Crippen LogP contribution in [0.3, 0.4) is 0 Å². The average molecular weight is 278 g/mol. The van der Waals surface area contributed by atoms with Gasteiger partial charge < -0.3 is 15.8 Å². The van der Waals surface area contributed by atoms with Gasteiger partial charge in [0.05, 0.1) is 5.56 Å². The van der Waals surface area contributed by atoms with Crippen molar-refractivity contribution in [3.63, 3.8) is 0 Å². The zero-order chi connectivity index (χ0) is 14.0. The van der Waals surface area contributed by atoms with Gasteiger partial charge in [0.2, 0.25) is 0 Å². The normalized spacial score (nSPS) is 24.2. The molecule has 1 aliphatic heterocycles. The van der Waals surface area contributed by atoms with Crippen molar-refractivity contribution < 1.29 is 22.3 Å². The molecule has 0 aliphatic carbocycles. The predicted molar refractivity (Wildman–Crippen MR) is 62.7 cm³/mol. The average Bonchev–Trinajstić information content (AvgIpc) is 2.33. The van der Waals surface area contributed by atoms with E-state index in [-0.39, 0.29) is 18.0 Å². The van der Waals surface area contributed by atoms with Gasteiger partial charge in [0.15, 0.2) is 0 Å². The lowest BCUT2D eigenvalue weighted by atomic mass is 10.1. The molecule has 3 nitrogen and oxygen atoms in total. The van der Waals surface area contributed by atoms with Crippen molar-refractivity contribution in [2.45, 2.75) is 24.9 Å². The zero-order valence-corrected chi connectivity index (χ0v) is 10.0. The van der Waals surface area contributed by atoms with E-state index in [0.29, 0.717) is 13.0 Å². The third-order valence-electron chi connectivity index (χ3n) is 2.94. The van der Waals surface area contributed by atoms with Crippen LogP contribution >= 0.6 is 0 Å². The topological polar surface area (TPSA) is 47.3 Å². The fourth-order valence-electron chi connectivity index (χ4n) is 1.96. The van der Waals surface area contributed by atoms with Crippen molar-refractivity contribution in [3.8, 4) is 5.75 Å². The summed E-state index contributed by atoms with van der Waals surface area (Å²) in [4.78, 5) is 0. The number of benzene rings is 1. The number of nitrogens with two attached hydrogens (primary N) is 1. The van der Waals surface area contributed by atoms with Crippen LogP contribution in [0.15, 0.2) is 18.2 Å². The molecule has 0 bridgehead atoms. The first-order valence-corrected chi connectivity index (χ1v) is 5.86. The van der Waals surface area contributed by atoms with Crippen molar-refractivity contribution in [2.75, 3.05) is 18.8 Å². The van der Waals surface area contributed by atoms with Gasteiger partial charge in [-0.25, -0.2) is 4.39 Å². The standard InChI is InChI=1S/C12H14F4N2O/c13-9-6-18-4-3-11(9)19-10-2-1-7(17)5-8(10)12(14,15)16/h1-2,5,9,11,18H,3-4,6,17H2/t9-,11-/m0/s1. The molecule has 2 rings (SSSR count). The van der Waals surface area contributed by atoms with Crippen molar-refractivity contribution in [1.29, 1.82) is 0 Å². The molecule has 2 atom stereocenters. The number of ether oxygens (including phenoxy) is 1. The van der Waals surface area contributed by atoms with E-state index >= 15 is 0 Å². The van der Waals surface area contributed by atoms with Gasteiger partial charge >= 0.3 is 6.18 Å². The first-order valence-electron chi connectivity index (χ1n) is 5.86. The summed E-state index contributed by atoms with van der Waals surface area (Å²) in [5, 5.41) is 2.81. The summed E-state index contributed by atoms with van der Waals surface area (Å²) in [5.41, 5.74) is 4.36. The highest BCUT2D eigenvalue weighted by Crippen LogP contribution is 2.38. The van der Waals surface area contributed by atoms with E-state index in [1.807, 2.05) is 0 Å². The van der Waals surface area contributed by atoms with Crippen molar-refractivity contribution in [2.24, 2.45) is 0 Å². The fourth-order valence-corrected chi connectivity index (χ4v) is 1.96. The number of piperidine rings is 1. The van der Waals surface area contributed by atoms with Crippen LogP contribution in [0.4, 0.5) is 23.2 Å². The maximum atomic E-state index is 13.5. The van der Waals surface area contributed by atoms with E-state index in [9.17, 15) is 17.6 Å². The van der Waals surface area contributed by atoms with Gasteiger partial charge in [-0.2, -0.15) is 13.2 Å². The van der Waals surface area contributed by atoms with Crippen LogP contribution < -0.4 is 15.8 Å². The second kappa shape index (κ2) is 5.24. The maximum Gasteiger partial charge on any atom is 0.420 e. The number of hydrogen-bond acceptors (Lipinski definition) is 3. The largest absolute Gasteiger partial charge is 0.487 e. The molecule has 3 N–H and O–H groups in total. The molecule has 19 heavy (non-hydrogen) atoms. The molecule has 1 fully saturated rings. The van der Waals surface area contributed by atoms with Gasteiger partial charge in [0.25, 0.3) is 0 Å².